The fourth-order valence-corrected chi connectivity index (χ4v) is 3.46. The van der Waals surface area contributed by atoms with Crippen molar-refractivity contribution >= 4 is 10.9 Å². The van der Waals surface area contributed by atoms with Crippen LogP contribution in [0.25, 0.3) is 10.9 Å². The molecule has 2 aromatic rings. The summed E-state index contributed by atoms with van der Waals surface area (Å²) in [6.07, 6.45) is 10.1. The van der Waals surface area contributed by atoms with Crippen molar-refractivity contribution in [3.8, 4) is 0 Å². The molecule has 1 fully saturated rings. The number of hydrogen-bond donors (Lipinski definition) is 1. The van der Waals surface area contributed by atoms with Crippen LogP contribution in [0.4, 0.5) is 0 Å². The first-order chi connectivity index (χ1) is 9.38. The van der Waals surface area contributed by atoms with Crippen LogP contribution in [0.2, 0.25) is 0 Å². The molecule has 0 spiro atoms. The van der Waals surface area contributed by atoms with Crippen molar-refractivity contribution in [3.05, 3.63) is 36.0 Å². The summed E-state index contributed by atoms with van der Waals surface area (Å²) in [6, 6.07) is 8.93. The van der Waals surface area contributed by atoms with Gasteiger partial charge in [-0.15, -0.1) is 0 Å². The summed E-state index contributed by atoms with van der Waals surface area (Å²) >= 11 is 0. The zero-order chi connectivity index (χ0) is 13.1. The van der Waals surface area contributed by atoms with E-state index in [9.17, 15) is 0 Å². The molecule has 0 radical (unpaired) electrons. The van der Waals surface area contributed by atoms with Crippen molar-refractivity contribution in [1.82, 2.24) is 4.57 Å². The van der Waals surface area contributed by atoms with Crippen molar-refractivity contribution in [2.45, 2.75) is 45.1 Å². The number of aryl methyl sites for hydroxylation is 1. The predicted molar refractivity (Wildman–Crippen MR) is 81.3 cm³/mol. The zero-order valence-electron chi connectivity index (χ0n) is 11.6. The molecular weight excluding hydrogens is 232 g/mol. The van der Waals surface area contributed by atoms with E-state index in [1.807, 2.05) is 0 Å². The highest BCUT2D eigenvalue weighted by Crippen LogP contribution is 2.29. The monoisotopic (exact) mass is 256 g/mol. The van der Waals surface area contributed by atoms with E-state index in [4.69, 9.17) is 5.73 Å². The molecule has 1 aliphatic carbocycles. The van der Waals surface area contributed by atoms with Crippen LogP contribution in [-0.4, -0.2) is 11.1 Å². The van der Waals surface area contributed by atoms with E-state index < -0.39 is 0 Å². The molecule has 1 saturated carbocycles. The Morgan fingerprint density at radius 1 is 1.16 bits per heavy atom. The molecule has 2 heteroatoms. The van der Waals surface area contributed by atoms with Gasteiger partial charge in [-0.25, -0.2) is 0 Å². The average molecular weight is 256 g/mol. The van der Waals surface area contributed by atoms with Crippen LogP contribution in [0.5, 0.6) is 0 Å². The molecule has 1 aromatic carbocycles. The van der Waals surface area contributed by atoms with Crippen molar-refractivity contribution in [1.29, 1.82) is 0 Å². The number of rotatable bonds is 5. The normalized spacial score (nSPS) is 16.5. The number of hydrogen-bond acceptors (Lipinski definition) is 1. The minimum Gasteiger partial charge on any atom is -0.347 e. The second-order valence-electron chi connectivity index (χ2n) is 5.87. The quantitative estimate of drug-likeness (QED) is 0.868. The van der Waals surface area contributed by atoms with Crippen LogP contribution in [0, 0.1) is 5.92 Å². The largest absolute Gasteiger partial charge is 0.347 e. The van der Waals surface area contributed by atoms with Gasteiger partial charge in [0.2, 0.25) is 0 Å². The zero-order valence-corrected chi connectivity index (χ0v) is 11.6. The maximum Gasteiger partial charge on any atom is 0.0512 e. The van der Waals surface area contributed by atoms with E-state index in [0.29, 0.717) is 0 Å². The molecule has 0 bridgehead atoms. The number of para-hydroxylation sites is 1. The van der Waals surface area contributed by atoms with Gasteiger partial charge in [0, 0.05) is 12.7 Å². The molecule has 0 saturated heterocycles. The highest BCUT2D eigenvalue weighted by Gasteiger charge is 2.16. The SMILES string of the molecule is NCCCc1cccc2ccn(CC3CCCC3)c12. The Morgan fingerprint density at radius 2 is 2.00 bits per heavy atom. The third-order valence-corrected chi connectivity index (χ3v) is 4.45. The number of benzene rings is 1. The van der Waals surface area contributed by atoms with E-state index in [1.54, 1.807) is 0 Å². The number of aromatic nitrogens is 1. The molecule has 0 amide bonds. The van der Waals surface area contributed by atoms with Crippen LogP contribution >= 0.6 is 0 Å². The molecule has 1 heterocycles. The first-order valence-corrected chi connectivity index (χ1v) is 7.65. The summed E-state index contributed by atoms with van der Waals surface area (Å²) in [5.41, 5.74) is 8.57. The summed E-state index contributed by atoms with van der Waals surface area (Å²) in [5.74, 6) is 0.887. The topological polar surface area (TPSA) is 30.9 Å². The van der Waals surface area contributed by atoms with Crippen LogP contribution in [0.15, 0.2) is 30.5 Å². The minimum absolute atomic E-state index is 0.778. The Balaban J connectivity index is 1.90. The molecule has 0 unspecified atom stereocenters. The van der Waals surface area contributed by atoms with E-state index in [2.05, 4.69) is 35.0 Å². The highest BCUT2D eigenvalue weighted by atomic mass is 15.0. The van der Waals surface area contributed by atoms with E-state index in [1.165, 1.54) is 48.7 Å². The van der Waals surface area contributed by atoms with Crippen LogP contribution in [0.3, 0.4) is 0 Å². The van der Waals surface area contributed by atoms with Crippen molar-refractivity contribution in [3.63, 3.8) is 0 Å². The number of nitrogens with zero attached hydrogens (tertiary/aromatic N) is 1. The van der Waals surface area contributed by atoms with Crippen LogP contribution in [-0.2, 0) is 13.0 Å². The van der Waals surface area contributed by atoms with Gasteiger partial charge in [-0.1, -0.05) is 31.0 Å². The molecule has 2 N–H and O–H groups in total. The molecular formula is C17H24N2. The lowest BCUT2D eigenvalue weighted by Gasteiger charge is -2.14. The van der Waals surface area contributed by atoms with Gasteiger partial charge in [-0.3, -0.25) is 0 Å². The second kappa shape index (κ2) is 5.79. The van der Waals surface area contributed by atoms with E-state index >= 15 is 0 Å². The van der Waals surface area contributed by atoms with Gasteiger partial charge in [0.1, 0.15) is 0 Å². The lowest BCUT2D eigenvalue weighted by molar-refractivity contribution is 0.465. The van der Waals surface area contributed by atoms with E-state index in [-0.39, 0.29) is 0 Å². The molecule has 1 aliphatic rings. The minimum atomic E-state index is 0.778. The first kappa shape index (κ1) is 12.7. The van der Waals surface area contributed by atoms with Crippen LogP contribution in [0.1, 0.15) is 37.7 Å². The fraction of sp³-hybridized carbons (Fsp3) is 0.529. The Hall–Kier alpha value is -1.28. The second-order valence-corrected chi connectivity index (χ2v) is 5.87. The van der Waals surface area contributed by atoms with Crippen molar-refractivity contribution < 1.29 is 0 Å². The smallest absolute Gasteiger partial charge is 0.0512 e. The Morgan fingerprint density at radius 3 is 2.79 bits per heavy atom. The Bertz CT molecular complexity index is 535. The Kier molecular flexibility index (Phi) is 3.88. The lowest BCUT2D eigenvalue weighted by Crippen LogP contribution is -2.08. The van der Waals surface area contributed by atoms with Crippen molar-refractivity contribution in [2.75, 3.05) is 6.54 Å². The standard InChI is InChI=1S/C17H24N2/c18-11-4-9-15-7-3-8-16-10-12-19(17(15)16)13-14-5-1-2-6-14/h3,7-8,10,12,14H,1-2,4-6,9,11,13,18H2. The summed E-state index contributed by atoms with van der Waals surface area (Å²) < 4.78 is 2.48. The molecule has 0 atom stereocenters. The van der Waals surface area contributed by atoms with Gasteiger partial charge in [0.15, 0.2) is 0 Å². The molecule has 0 aliphatic heterocycles. The van der Waals surface area contributed by atoms with Crippen LogP contribution < -0.4 is 5.73 Å². The molecule has 2 nitrogen and oxygen atoms in total. The maximum atomic E-state index is 5.66. The lowest BCUT2D eigenvalue weighted by atomic mass is 10.1. The summed E-state index contributed by atoms with van der Waals surface area (Å²) in [5, 5.41) is 1.38. The molecule has 3 rings (SSSR count). The summed E-state index contributed by atoms with van der Waals surface area (Å²) in [6.45, 7) is 1.98. The van der Waals surface area contributed by atoms with Gasteiger partial charge in [0.05, 0.1) is 5.52 Å². The molecule has 1 aromatic heterocycles. The average Bonchev–Trinajstić information content (AvgIpc) is 3.07. The third-order valence-electron chi connectivity index (χ3n) is 4.45. The highest BCUT2D eigenvalue weighted by molar-refractivity contribution is 5.83. The van der Waals surface area contributed by atoms with Gasteiger partial charge in [-0.05, 0) is 55.2 Å². The molecule has 19 heavy (non-hydrogen) atoms. The van der Waals surface area contributed by atoms with Gasteiger partial charge in [-0.2, -0.15) is 0 Å². The number of nitrogens with two attached hydrogens (primary N) is 1. The van der Waals surface area contributed by atoms with Gasteiger partial charge < -0.3 is 10.3 Å². The van der Waals surface area contributed by atoms with E-state index in [0.717, 1.165) is 25.3 Å². The van der Waals surface area contributed by atoms with Gasteiger partial charge in [0.25, 0.3) is 0 Å². The third kappa shape index (κ3) is 2.69. The van der Waals surface area contributed by atoms with Crippen molar-refractivity contribution in [2.24, 2.45) is 11.7 Å². The van der Waals surface area contributed by atoms with Gasteiger partial charge >= 0.3 is 0 Å². The number of fused-ring (bicyclic) bond motifs is 1. The first-order valence-electron chi connectivity index (χ1n) is 7.65. The predicted octanol–water partition coefficient (Wildman–Crippen LogP) is 3.72. The maximum absolute atomic E-state index is 5.66. The molecule has 102 valence electrons. The summed E-state index contributed by atoms with van der Waals surface area (Å²) in [7, 11) is 0. The fourth-order valence-electron chi connectivity index (χ4n) is 3.46. The summed E-state index contributed by atoms with van der Waals surface area (Å²) in [4.78, 5) is 0. The Labute approximate surface area is 115 Å².